The summed E-state index contributed by atoms with van der Waals surface area (Å²) in [4.78, 5) is 15.4. The number of nitrogens with two attached hydrogens (primary N) is 1. The molecule has 132 valence electrons. The predicted octanol–water partition coefficient (Wildman–Crippen LogP) is 5.69. The van der Waals surface area contributed by atoms with Crippen LogP contribution in [0.4, 0.5) is 5.69 Å². The highest BCUT2D eigenvalue weighted by Crippen LogP contribution is 2.32. The number of para-hydroxylation sites is 1. The fourth-order valence-electron chi connectivity index (χ4n) is 1.63. The topological polar surface area (TPSA) is 56.0 Å². The minimum Gasteiger partial charge on any atom is -0.398 e. The maximum Gasteiger partial charge on any atom is 0.148 e. The van der Waals surface area contributed by atoms with Gasteiger partial charge in [-0.15, -0.1) is 11.3 Å². The summed E-state index contributed by atoms with van der Waals surface area (Å²) in [6, 6.07) is 7.86. The molecule has 2 rings (SSSR count). The van der Waals surface area contributed by atoms with Crippen LogP contribution in [0.1, 0.15) is 47.2 Å². The van der Waals surface area contributed by atoms with Gasteiger partial charge in [-0.05, 0) is 12.1 Å². The van der Waals surface area contributed by atoms with Crippen molar-refractivity contribution in [3.63, 3.8) is 0 Å². The first kappa shape index (κ1) is 20.8. The smallest absolute Gasteiger partial charge is 0.148 e. The van der Waals surface area contributed by atoms with Crippen molar-refractivity contribution in [1.29, 1.82) is 0 Å². The third-order valence-corrected chi connectivity index (χ3v) is 4.81. The van der Waals surface area contributed by atoms with E-state index in [-0.39, 0.29) is 16.6 Å². The number of alkyl halides is 1. The van der Waals surface area contributed by atoms with Crippen LogP contribution in [-0.4, -0.2) is 16.1 Å². The van der Waals surface area contributed by atoms with Gasteiger partial charge in [0.25, 0.3) is 0 Å². The number of ketones is 1. The molecule has 0 spiro atoms. The predicted molar refractivity (Wildman–Crippen MR) is 109 cm³/mol. The molecule has 0 aliphatic rings. The summed E-state index contributed by atoms with van der Waals surface area (Å²) in [5.41, 5.74) is 8.80. The first-order valence-electron chi connectivity index (χ1n) is 7.87. The molecule has 2 aromatic rings. The number of nitrogen functional groups attached to an aromatic ring is 1. The Labute approximate surface area is 157 Å². The lowest BCUT2D eigenvalue weighted by molar-refractivity contribution is -0.123. The molecule has 0 amide bonds. The van der Waals surface area contributed by atoms with E-state index < -0.39 is 0 Å². The highest BCUT2D eigenvalue weighted by molar-refractivity contribution is 9.09. The summed E-state index contributed by atoms with van der Waals surface area (Å²) in [6.45, 7) is 12.2. The lowest BCUT2D eigenvalue weighted by Gasteiger charge is -2.14. The molecule has 24 heavy (non-hydrogen) atoms. The zero-order chi connectivity index (χ0) is 18.5. The number of hydrogen-bond donors (Lipinski definition) is 1. The lowest BCUT2D eigenvalue weighted by atomic mass is 9.92. The van der Waals surface area contributed by atoms with Gasteiger partial charge in [0.2, 0.25) is 0 Å². The SMILES string of the molecule is CC(C)(C)C(=O)CBr.CC(C)(C)c1csc(-c2ccccc2N)n1. The Morgan fingerprint density at radius 3 is 2.12 bits per heavy atom. The Morgan fingerprint density at radius 1 is 1.17 bits per heavy atom. The Kier molecular flexibility index (Phi) is 7.17. The van der Waals surface area contributed by atoms with Crippen LogP contribution in [0.25, 0.3) is 10.6 Å². The number of halogens is 1. The molecule has 0 aliphatic heterocycles. The molecule has 0 fully saturated rings. The third-order valence-electron chi connectivity index (χ3n) is 3.42. The van der Waals surface area contributed by atoms with Crippen molar-refractivity contribution >= 4 is 38.7 Å². The quantitative estimate of drug-likeness (QED) is 0.511. The van der Waals surface area contributed by atoms with E-state index in [9.17, 15) is 4.79 Å². The maximum atomic E-state index is 10.8. The number of aromatic nitrogens is 1. The van der Waals surface area contributed by atoms with Crippen molar-refractivity contribution in [2.75, 3.05) is 11.1 Å². The van der Waals surface area contributed by atoms with E-state index in [1.807, 2.05) is 45.0 Å². The van der Waals surface area contributed by atoms with Gasteiger partial charge in [-0.25, -0.2) is 4.98 Å². The second kappa shape index (κ2) is 8.26. The van der Waals surface area contributed by atoms with Crippen LogP contribution < -0.4 is 5.73 Å². The summed E-state index contributed by atoms with van der Waals surface area (Å²) >= 11 is 4.75. The molecule has 5 heteroatoms. The normalized spacial score (nSPS) is 11.6. The second-order valence-corrected chi connectivity index (χ2v) is 9.10. The van der Waals surface area contributed by atoms with Crippen LogP contribution in [-0.2, 0) is 10.2 Å². The number of thiazole rings is 1. The average molecular weight is 411 g/mol. The van der Waals surface area contributed by atoms with Crippen molar-refractivity contribution in [1.82, 2.24) is 4.98 Å². The van der Waals surface area contributed by atoms with Gasteiger partial charge in [0.05, 0.1) is 11.0 Å². The molecule has 0 saturated heterocycles. The Bertz CT molecular complexity index is 681. The Balaban J connectivity index is 0.000000307. The van der Waals surface area contributed by atoms with Crippen molar-refractivity contribution in [2.24, 2.45) is 5.41 Å². The first-order chi connectivity index (χ1) is 11.0. The molecular weight excluding hydrogens is 384 g/mol. The van der Waals surface area contributed by atoms with E-state index in [0.717, 1.165) is 22.0 Å². The number of Topliss-reactive ketones (excluding diaryl/α,β-unsaturated/α-hetero) is 1. The van der Waals surface area contributed by atoms with Crippen molar-refractivity contribution < 1.29 is 4.79 Å². The van der Waals surface area contributed by atoms with E-state index >= 15 is 0 Å². The van der Waals surface area contributed by atoms with E-state index in [1.54, 1.807) is 11.3 Å². The van der Waals surface area contributed by atoms with E-state index in [1.165, 1.54) is 0 Å². The molecule has 1 aromatic carbocycles. The van der Waals surface area contributed by atoms with Crippen LogP contribution in [0.2, 0.25) is 0 Å². The van der Waals surface area contributed by atoms with Crippen molar-refractivity contribution in [2.45, 2.75) is 47.0 Å². The molecule has 1 heterocycles. The molecule has 0 unspecified atom stereocenters. The minimum atomic E-state index is -0.177. The van der Waals surface area contributed by atoms with Crippen LogP contribution in [0, 0.1) is 5.41 Å². The van der Waals surface area contributed by atoms with Crippen LogP contribution in [0.15, 0.2) is 29.6 Å². The van der Waals surface area contributed by atoms with Gasteiger partial charge in [0.15, 0.2) is 0 Å². The highest BCUT2D eigenvalue weighted by atomic mass is 79.9. The fraction of sp³-hybridized carbons (Fsp3) is 0.474. The van der Waals surface area contributed by atoms with E-state index in [0.29, 0.717) is 5.33 Å². The third kappa shape index (κ3) is 6.02. The lowest BCUT2D eigenvalue weighted by Crippen LogP contribution is -2.20. The van der Waals surface area contributed by atoms with E-state index in [4.69, 9.17) is 5.73 Å². The summed E-state index contributed by atoms with van der Waals surface area (Å²) in [7, 11) is 0. The standard InChI is InChI=1S/C13H16N2S.C6H11BrO/c1-13(2,3)11-8-16-12(15-11)9-6-4-5-7-10(9)14;1-6(2,3)5(8)4-7/h4-8H,14H2,1-3H3;4H2,1-3H3. The van der Waals surface area contributed by atoms with Gasteiger partial charge >= 0.3 is 0 Å². The minimum absolute atomic E-state index is 0.0955. The van der Waals surface area contributed by atoms with Crippen LogP contribution in [0.3, 0.4) is 0 Å². The van der Waals surface area contributed by atoms with Gasteiger partial charge < -0.3 is 5.73 Å². The summed E-state index contributed by atoms with van der Waals surface area (Å²) < 4.78 is 0. The van der Waals surface area contributed by atoms with E-state index in [2.05, 4.69) is 47.1 Å². The van der Waals surface area contributed by atoms with Crippen LogP contribution in [0.5, 0.6) is 0 Å². The number of hydrogen-bond acceptors (Lipinski definition) is 4. The number of rotatable bonds is 2. The summed E-state index contributed by atoms with van der Waals surface area (Å²) in [5.74, 6) is 0.248. The molecule has 0 aliphatic carbocycles. The molecule has 0 saturated carbocycles. The number of carbonyl (C=O) groups excluding carboxylic acids is 1. The van der Waals surface area contributed by atoms with Gasteiger partial charge in [-0.1, -0.05) is 69.6 Å². The van der Waals surface area contributed by atoms with Gasteiger partial charge in [-0.3, -0.25) is 4.79 Å². The fourth-order valence-corrected chi connectivity index (χ4v) is 3.57. The number of nitrogens with zero attached hydrogens (tertiary/aromatic N) is 1. The number of benzene rings is 1. The Hall–Kier alpha value is -1.20. The average Bonchev–Trinajstić information content (AvgIpc) is 2.96. The molecule has 2 N–H and O–H groups in total. The van der Waals surface area contributed by atoms with Crippen molar-refractivity contribution in [3.8, 4) is 10.6 Å². The molecule has 0 radical (unpaired) electrons. The monoisotopic (exact) mass is 410 g/mol. The number of carbonyl (C=O) groups is 1. The summed E-state index contributed by atoms with van der Waals surface area (Å²) in [6.07, 6.45) is 0. The molecule has 1 aromatic heterocycles. The molecular formula is C19H27BrN2OS. The summed E-state index contributed by atoms with van der Waals surface area (Å²) in [5, 5.41) is 3.58. The van der Waals surface area contributed by atoms with Crippen molar-refractivity contribution in [3.05, 3.63) is 35.3 Å². The number of anilines is 1. The highest BCUT2D eigenvalue weighted by Gasteiger charge is 2.19. The zero-order valence-corrected chi connectivity index (χ0v) is 17.7. The molecule has 0 atom stereocenters. The largest absolute Gasteiger partial charge is 0.398 e. The first-order valence-corrected chi connectivity index (χ1v) is 9.87. The second-order valence-electron chi connectivity index (χ2n) is 7.68. The Morgan fingerprint density at radius 2 is 1.75 bits per heavy atom. The molecule has 3 nitrogen and oxygen atoms in total. The van der Waals surface area contributed by atoms with Crippen LogP contribution >= 0.6 is 27.3 Å². The maximum absolute atomic E-state index is 10.8. The van der Waals surface area contributed by atoms with Gasteiger partial charge in [-0.2, -0.15) is 0 Å². The van der Waals surface area contributed by atoms with Gasteiger partial charge in [0, 0.05) is 27.5 Å². The van der Waals surface area contributed by atoms with Gasteiger partial charge in [0.1, 0.15) is 10.8 Å². The zero-order valence-electron chi connectivity index (χ0n) is 15.3. The molecule has 0 bridgehead atoms.